The number of Topliss-reactive ketones (excluding diaryl/α,β-unsaturated/α-hetero) is 1. The van der Waals surface area contributed by atoms with Gasteiger partial charge in [-0.1, -0.05) is 51.0 Å². The number of aliphatic hydroxyl groups is 1. The van der Waals surface area contributed by atoms with E-state index in [4.69, 9.17) is 24.7 Å². The standard InChI is InChI=1S/C39H51N3O10/c1-4-7-33-51-31-19-28-27-14-11-24-18-26(43)15-16-37(24,2)34(27)29(44)20-38(28,3)39(31,52-33)30(45)22-50-36(48)49-21-23-9-12-25(13-10-23)42-32(46)8-5-6-17-41-35(40)47/h9-10,12-13,15-16,18,27-29,31,33-34,44H,4-8,11,14,17,19-22H2,1-3H3,(H,42,46)(H3,40,41,47)/t27-,28?,29-,31+,33?,34?,37-,38-,39+/m0/s1. The number of nitrogens with one attached hydrogen (secondary N) is 2. The summed E-state index contributed by atoms with van der Waals surface area (Å²) in [5, 5.41) is 17.2. The topological polar surface area (TPSA) is 193 Å². The molecule has 282 valence electrons. The van der Waals surface area contributed by atoms with Gasteiger partial charge in [0.05, 0.1) is 12.2 Å². The Bertz CT molecular complexity index is 1630. The van der Waals surface area contributed by atoms with Crippen molar-refractivity contribution in [1.29, 1.82) is 0 Å². The number of fused-ring (bicyclic) bond motifs is 7. The van der Waals surface area contributed by atoms with E-state index < -0.39 is 59.5 Å². The van der Waals surface area contributed by atoms with Crippen molar-refractivity contribution < 1.29 is 48.0 Å². The second-order valence-corrected chi connectivity index (χ2v) is 15.4. The lowest BCUT2D eigenvalue weighted by molar-refractivity contribution is -0.200. The molecule has 5 N–H and O–H groups in total. The van der Waals surface area contributed by atoms with E-state index in [1.165, 1.54) is 0 Å². The van der Waals surface area contributed by atoms with E-state index in [9.17, 15) is 29.1 Å². The first kappa shape index (κ1) is 37.7. The first-order valence-corrected chi connectivity index (χ1v) is 18.5. The SMILES string of the molecule is CCCC1O[C@@H]2CC3[C@@H]4CCC5=CC(=O)C=C[C@]5(C)C4[C@@H](O)C[C@]3(C)[C@]2(C(=O)COC(=O)OCc2ccc(NC(=O)CCCCNC(N)=O)cc2)O1. The lowest BCUT2D eigenvalue weighted by Crippen LogP contribution is -2.63. The Kier molecular flexibility index (Phi) is 11.0. The van der Waals surface area contributed by atoms with Crippen molar-refractivity contribution in [2.24, 2.45) is 34.3 Å². The van der Waals surface area contributed by atoms with Crippen LogP contribution >= 0.6 is 0 Å². The average molecular weight is 722 g/mol. The van der Waals surface area contributed by atoms with Crippen molar-refractivity contribution in [3.8, 4) is 0 Å². The number of hydrogen-bond donors (Lipinski definition) is 4. The molecular formula is C39H51N3O10. The third-order valence-corrected chi connectivity index (χ3v) is 12.3. The molecule has 1 heterocycles. The highest BCUT2D eigenvalue weighted by molar-refractivity contribution is 6.01. The van der Waals surface area contributed by atoms with Crippen molar-refractivity contribution in [2.75, 3.05) is 18.5 Å². The minimum atomic E-state index is -1.40. The van der Waals surface area contributed by atoms with Crippen LogP contribution in [0.3, 0.4) is 0 Å². The molecule has 4 fully saturated rings. The molecule has 1 aromatic rings. The van der Waals surface area contributed by atoms with Gasteiger partial charge >= 0.3 is 12.2 Å². The Morgan fingerprint density at radius 1 is 1.10 bits per heavy atom. The van der Waals surface area contributed by atoms with Crippen molar-refractivity contribution in [1.82, 2.24) is 5.32 Å². The lowest BCUT2D eigenvalue weighted by Gasteiger charge is -2.59. The number of allylic oxidation sites excluding steroid dienone is 4. The molecule has 1 aliphatic heterocycles. The molecule has 1 saturated heterocycles. The van der Waals surface area contributed by atoms with Gasteiger partial charge in [-0.3, -0.25) is 14.4 Å². The molecule has 5 aliphatic rings. The number of urea groups is 1. The van der Waals surface area contributed by atoms with Crippen LogP contribution in [0.2, 0.25) is 0 Å². The van der Waals surface area contributed by atoms with Gasteiger partial charge in [0.1, 0.15) is 6.61 Å². The first-order chi connectivity index (χ1) is 24.8. The minimum absolute atomic E-state index is 0.00659. The molecule has 4 aliphatic carbocycles. The maximum Gasteiger partial charge on any atom is 0.509 e. The second kappa shape index (κ2) is 15.1. The van der Waals surface area contributed by atoms with Gasteiger partial charge in [0, 0.05) is 35.4 Å². The van der Waals surface area contributed by atoms with Crippen molar-refractivity contribution in [3.63, 3.8) is 0 Å². The van der Waals surface area contributed by atoms with Gasteiger partial charge in [-0.05, 0) is 86.6 Å². The Morgan fingerprint density at radius 2 is 1.87 bits per heavy atom. The summed E-state index contributed by atoms with van der Waals surface area (Å²) < 4.78 is 23.8. The fourth-order valence-electron chi connectivity index (χ4n) is 9.95. The van der Waals surface area contributed by atoms with Crippen molar-refractivity contribution in [3.05, 3.63) is 53.6 Å². The molecule has 13 heteroatoms. The van der Waals surface area contributed by atoms with Crippen LogP contribution in [0.5, 0.6) is 0 Å². The highest BCUT2D eigenvalue weighted by Crippen LogP contribution is 2.69. The zero-order valence-corrected chi connectivity index (χ0v) is 30.2. The smallest absolute Gasteiger partial charge is 0.429 e. The zero-order valence-electron chi connectivity index (χ0n) is 30.2. The van der Waals surface area contributed by atoms with Gasteiger partial charge in [0.25, 0.3) is 0 Å². The van der Waals surface area contributed by atoms with Gasteiger partial charge in [0.15, 0.2) is 24.3 Å². The summed E-state index contributed by atoms with van der Waals surface area (Å²) in [5.74, 6) is -0.635. The van der Waals surface area contributed by atoms with E-state index >= 15 is 0 Å². The fraction of sp³-hybridized carbons (Fsp3) is 0.615. The number of amides is 3. The Labute approximate surface area is 304 Å². The molecule has 6 rings (SSSR count). The average Bonchev–Trinajstić information content (AvgIpc) is 3.58. The first-order valence-electron chi connectivity index (χ1n) is 18.5. The molecule has 0 spiro atoms. The van der Waals surface area contributed by atoms with Crippen LogP contribution in [0.25, 0.3) is 0 Å². The predicted molar refractivity (Wildman–Crippen MR) is 188 cm³/mol. The van der Waals surface area contributed by atoms with Crippen LogP contribution in [0.15, 0.2) is 48.1 Å². The molecule has 0 aromatic heterocycles. The maximum atomic E-state index is 14.3. The Balaban J connectivity index is 1.07. The number of carbonyl (C=O) groups excluding carboxylic acids is 5. The van der Waals surface area contributed by atoms with E-state index in [1.54, 1.807) is 36.4 Å². The largest absolute Gasteiger partial charge is 0.509 e. The number of unbranched alkanes of at least 4 members (excludes halogenated alkanes) is 1. The molecule has 1 aromatic carbocycles. The molecule has 3 saturated carbocycles. The zero-order chi connectivity index (χ0) is 37.3. The maximum absolute atomic E-state index is 14.3. The second-order valence-electron chi connectivity index (χ2n) is 15.4. The summed E-state index contributed by atoms with van der Waals surface area (Å²) in [6, 6.07) is 6.20. The van der Waals surface area contributed by atoms with E-state index in [-0.39, 0.29) is 42.5 Å². The van der Waals surface area contributed by atoms with E-state index in [2.05, 4.69) is 17.6 Å². The summed E-state index contributed by atoms with van der Waals surface area (Å²) in [6.07, 6.45) is 7.71. The van der Waals surface area contributed by atoms with Gasteiger partial charge < -0.3 is 40.4 Å². The Hall–Kier alpha value is -4.07. The number of rotatable bonds is 13. The molecule has 9 atom stereocenters. The highest BCUT2D eigenvalue weighted by atomic mass is 16.7. The summed E-state index contributed by atoms with van der Waals surface area (Å²) >= 11 is 0. The minimum Gasteiger partial charge on any atom is -0.429 e. The lowest BCUT2D eigenvalue weighted by atomic mass is 9.46. The fourth-order valence-corrected chi connectivity index (χ4v) is 9.95. The summed E-state index contributed by atoms with van der Waals surface area (Å²) in [5.41, 5.74) is 4.68. The van der Waals surface area contributed by atoms with Crippen LogP contribution in [0.4, 0.5) is 15.3 Å². The molecule has 52 heavy (non-hydrogen) atoms. The summed E-state index contributed by atoms with van der Waals surface area (Å²) in [6.45, 7) is 5.88. The highest BCUT2D eigenvalue weighted by Gasteiger charge is 2.75. The van der Waals surface area contributed by atoms with Crippen LogP contribution in [0, 0.1) is 28.6 Å². The van der Waals surface area contributed by atoms with Crippen LogP contribution in [-0.4, -0.2) is 72.0 Å². The predicted octanol–water partition coefficient (Wildman–Crippen LogP) is 4.86. The number of aliphatic hydroxyl groups excluding tert-OH is 1. The monoisotopic (exact) mass is 721 g/mol. The number of benzene rings is 1. The molecule has 0 radical (unpaired) electrons. The molecular weight excluding hydrogens is 670 g/mol. The number of carbonyl (C=O) groups is 5. The third-order valence-electron chi connectivity index (χ3n) is 12.3. The van der Waals surface area contributed by atoms with E-state index in [1.807, 2.05) is 19.9 Å². The summed E-state index contributed by atoms with van der Waals surface area (Å²) in [4.78, 5) is 62.3. The normalized spacial score (nSPS) is 34.2. The molecule has 3 unspecified atom stereocenters. The van der Waals surface area contributed by atoms with Gasteiger partial charge in [-0.15, -0.1) is 0 Å². The van der Waals surface area contributed by atoms with Crippen LogP contribution in [-0.2, 0) is 39.9 Å². The number of hydrogen-bond acceptors (Lipinski definition) is 10. The molecule has 3 amide bonds. The van der Waals surface area contributed by atoms with Gasteiger partial charge in [0.2, 0.25) is 11.7 Å². The number of anilines is 1. The number of ether oxygens (including phenoxy) is 4. The van der Waals surface area contributed by atoms with Gasteiger partial charge in [-0.2, -0.15) is 0 Å². The quantitative estimate of drug-likeness (QED) is 0.162. The van der Waals surface area contributed by atoms with Crippen LogP contribution < -0.4 is 16.4 Å². The number of primary amides is 1. The molecule has 13 nitrogen and oxygen atoms in total. The Morgan fingerprint density at radius 3 is 2.60 bits per heavy atom. The van der Waals surface area contributed by atoms with Gasteiger partial charge in [-0.25, -0.2) is 9.59 Å². The number of ketones is 2. The van der Waals surface area contributed by atoms with Crippen molar-refractivity contribution in [2.45, 2.75) is 109 Å². The van der Waals surface area contributed by atoms with E-state index in [0.29, 0.717) is 49.9 Å². The molecule has 0 bridgehead atoms. The van der Waals surface area contributed by atoms with E-state index in [0.717, 1.165) is 24.8 Å². The third kappa shape index (κ3) is 7.02. The van der Waals surface area contributed by atoms with Crippen molar-refractivity contribution >= 4 is 35.3 Å². The summed E-state index contributed by atoms with van der Waals surface area (Å²) in [7, 11) is 0. The van der Waals surface area contributed by atoms with Crippen LogP contribution in [0.1, 0.15) is 84.1 Å². The number of nitrogens with two attached hydrogens (primary N) is 1.